The second-order valence-corrected chi connectivity index (χ2v) is 8.58. The highest BCUT2D eigenvalue weighted by Crippen LogP contribution is 2.30. The summed E-state index contributed by atoms with van der Waals surface area (Å²) < 4.78 is 16.8. The summed E-state index contributed by atoms with van der Waals surface area (Å²) in [4.78, 5) is 26.7. The minimum absolute atomic E-state index is 0.0751. The maximum Gasteiger partial charge on any atom is 0.320 e. The molecular weight excluding hydrogens is 430 g/mol. The summed E-state index contributed by atoms with van der Waals surface area (Å²) in [6.07, 6.45) is 3.20. The Kier molecular flexibility index (Phi) is 10.6. The molecule has 0 saturated carbocycles. The third kappa shape index (κ3) is 7.67. The molecule has 2 aromatic carbocycles. The van der Waals surface area contributed by atoms with Gasteiger partial charge in [-0.15, -0.1) is 0 Å². The number of piperidine rings is 1. The van der Waals surface area contributed by atoms with Crippen LogP contribution in [0.2, 0.25) is 0 Å². The number of ether oxygens (including phenoxy) is 3. The van der Waals surface area contributed by atoms with Crippen LogP contribution in [-0.4, -0.2) is 55.8 Å². The number of hydrogen-bond donors (Lipinski definition) is 0. The van der Waals surface area contributed by atoms with E-state index in [1.807, 2.05) is 12.1 Å². The molecule has 1 fully saturated rings. The van der Waals surface area contributed by atoms with Gasteiger partial charge in [0.05, 0.1) is 19.3 Å². The normalized spacial score (nSPS) is 14.9. The van der Waals surface area contributed by atoms with Gasteiger partial charge in [-0.1, -0.05) is 60.7 Å². The molecule has 0 aromatic heterocycles. The van der Waals surface area contributed by atoms with Gasteiger partial charge in [-0.2, -0.15) is 0 Å². The summed E-state index contributed by atoms with van der Waals surface area (Å²) >= 11 is 0. The monoisotopic (exact) mass is 467 g/mol. The van der Waals surface area contributed by atoms with Gasteiger partial charge < -0.3 is 19.1 Å². The zero-order chi connectivity index (χ0) is 24.2. The molecule has 1 aliphatic heterocycles. The van der Waals surface area contributed by atoms with Gasteiger partial charge in [0.1, 0.15) is 6.10 Å². The number of hydrogen-bond acceptors (Lipinski definition) is 6. The Balaban J connectivity index is 1.49. The molecule has 0 amide bonds. The summed E-state index contributed by atoms with van der Waals surface area (Å²) in [5.41, 5.74) is 2.33. The summed E-state index contributed by atoms with van der Waals surface area (Å²) in [7, 11) is 0. The Hall–Kier alpha value is -2.70. The molecule has 1 saturated heterocycles. The van der Waals surface area contributed by atoms with Gasteiger partial charge in [0.15, 0.2) is 5.92 Å². The van der Waals surface area contributed by atoms with Crippen LogP contribution in [-0.2, 0) is 23.8 Å². The van der Waals surface area contributed by atoms with Crippen LogP contribution in [0.25, 0.3) is 0 Å². The molecule has 3 rings (SSSR count). The van der Waals surface area contributed by atoms with E-state index in [1.165, 1.54) is 11.1 Å². The Bertz CT molecular complexity index is 807. The third-order valence-electron chi connectivity index (χ3n) is 6.18. The highest BCUT2D eigenvalue weighted by atomic mass is 16.6. The molecular formula is C28H37NO5. The maximum absolute atomic E-state index is 12.2. The van der Waals surface area contributed by atoms with Crippen molar-refractivity contribution < 1.29 is 23.8 Å². The summed E-state index contributed by atoms with van der Waals surface area (Å²) in [5, 5.41) is 0. The Morgan fingerprint density at radius 3 is 1.82 bits per heavy atom. The molecule has 0 bridgehead atoms. The standard InChI is InChI=1S/C28H37NO5/c1-3-32-27(30)25(28(31)33-4-2)16-11-19-29-20-17-24(18-21-29)34-26(22-12-7-5-8-13-22)23-14-9-6-10-15-23/h5-10,12-15,24-26H,3-4,11,16-21H2,1-2H3. The van der Waals surface area contributed by atoms with E-state index in [0.717, 1.165) is 38.9 Å². The third-order valence-corrected chi connectivity index (χ3v) is 6.18. The zero-order valence-electron chi connectivity index (χ0n) is 20.4. The number of rotatable bonds is 12. The number of carbonyl (C=O) groups is 2. The molecule has 0 radical (unpaired) electrons. The first-order chi connectivity index (χ1) is 16.6. The molecule has 0 unspecified atom stereocenters. The lowest BCUT2D eigenvalue weighted by molar-refractivity contribution is -0.162. The molecule has 0 spiro atoms. The van der Waals surface area contributed by atoms with Crippen LogP contribution in [0.5, 0.6) is 0 Å². The molecule has 0 aliphatic carbocycles. The molecule has 1 aliphatic rings. The van der Waals surface area contributed by atoms with Crippen LogP contribution in [0.15, 0.2) is 60.7 Å². The molecule has 2 aromatic rings. The lowest BCUT2D eigenvalue weighted by Gasteiger charge is -2.34. The SMILES string of the molecule is CCOC(=O)C(CCCN1CCC(OC(c2ccccc2)c2ccccc2)CC1)C(=O)OCC. The lowest BCUT2D eigenvalue weighted by Crippen LogP contribution is -2.38. The molecule has 6 heteroatoms. The Morgan fingerprint density at radius 2 is 1.35 bits per heavy atom. The number of likely N-dealkylation sites (tertiary alicyclic amines) is 1. The van der Waals surface area contributed by atoms with E-state index in [2.05, 4.69) is 53.4 Å². The topological polar surface area (TPSA) is 65.1 Å². The quantitative estimate of drug-likeness (QED) is 0.331. The highest BCUT2D eigenvalue weighted by molar-refractivity contribution is 5.94. The van der Waals surface area contributed by atoms with E-state index in [9.17, 15) is 9.59 Å². The molecule has 6 nitrogen and oxygen atoms in total. The van der Waals surface area contributed by atoms with Crippen LogP contribution in [0.4, 0.5) is 0 Å². The van der Waals surface area contributed by atoms with Crippen molar-refractivity contribution in [3.63, 3.8) is 0 Å². The van der Waals surface area contributed by atoms with Gasteiger partial charge in [-0.3, -0.25) is 9.59 Å². The predicted molar refractivity (Wildman–Crippen MR) is 131 cm³/mol. The van der Waals surface area contributed by atoms with Crippen LogP contribution in [0.3, 0.4) is 0 Å². The van der Waals surface area contributed by atoms with Gasteiger partial charge in [0.25, 0.3) is 0 Å². The lowest BCUT2D eigenvalue weighted by atomic mass is 9.99. The van der Waals surface area contributed by atoms with Crippen LogP contribution in [0.1, 0.15) is 56.8 Å². The first-order valence-corrected chi connectivity index (χ1v) is 12.4. The van der Waals surface area contributed by atoms with Crippen molar-refractivity contribution in [2.24, 2.45) is 5.92 Å². The van der Waals surface area contributed by atoms with Gasteiger partial charge in [-0.05, 0) is 57.2 Å². The van der Waals surface area contributed by atoms with Crippen LogP contribution in [0, 0.1) is 5.92 Å². The van der Waals surface area contributed by atoms with Crippen molar-refractivity contribution in [3.05, 3.63) is 71.8 Å². The van der Waals surface area contributed by atoms with Crippen molar-refractivity contribution in [1.82, 2.24) is 4.90 Å². The minimum Gasteiger partial charge on any atom is -0.465 e. The first kappa shape index (κ1) is 25.9. The average Bonchev–Trinajstić information content (AvgIpc) is 2.87. The van der Waals surface area contributed by atoms with E-state index in [-0.39, 0.29) is 25.4 Å². The largest absolute Gasteiger partial charge is 0.465 e. The maximum atomic E-state index is 12.2. The van der Waals surface area contributed by atoms with E-state index in [0.29, 0.717) is 6.42 Å². The molecule has 0 atom stereocenters. The van der Waals surface area contributed by atoms with Crippen LogP contribution < -0.4 is 0 Å². The van der Waals surface area contributed by atoms with Crippen molar-refractivity contribution >= 4 is 11.9 Å². The van der Waals surface area contributed by atoms with Crippen molar-refractivity contribution in [2.75, 3.05) is 32.8 Å². The molecule has 184 valence electrons. The van der Waals surface area contributed by atoms with E-state index < -0.39 is 17.9 Å². The highest BCUT2D eigenvalue weighted by Gasteiger charge is 2.30. The number of nitrogens with zero attached hydrogens (tertiary/aromatic N) is 1. The number of esters is 2. The van der Waals surface area contributed by atoms with E-state index in [1.54, 1.807) is 13.8 Å². The molecule has 1 heterocycles. The van der Waals surface area contributed by atoms with E-state index in [4.69, 9.17) is 14.2 Å². The van der Waals surface area contributed by atoms with Crippen molar-refractivity contribution in [1.29, 1.82) is 0 Å². The number of carbonyl (C=O) groups excluding carboxylic acids is 2. The smallest absolute Gasteiger partial charge is 0.320 e. The summed E-state index contributed by atoms with van der Waals surface area (Å²) in [5.74, 6) is -1.81. The second-order valence-electron chi connectivity index (χ2n) is 8.58. The summed E-state index contributed by atoms with van der Waals surface area (Å²) in [6.45, 7) is 6.71. The van der Waals surface area contributed by atoms with Gasteiger partial charge in [0.2, 0.25) is 0 Å². The summed E-state index contributed by atoms with van der Waals surface area (Å²) in [6, 6.07) is 20.7. The second kappa shape index (κ2) is 13.9. The van der Waals surface area contributed by atoms with Gasteiger partial charge in [-0.25, -0.2) is 0 Å². The fourth-order valence-electron chi connectivity index (χ4n) is 4.40. The van der Waals surface area contributed by atoms with E-state index >= 15 is 0 Å². The van der Waals surface area contributed by atoms with Crippen molar-refractivity contribution in [3.8, 4) is 0 Å². The predicted octanol–water partition coefficient (Wildman–Crippen LogP) is 4.78. The zero-order valence-corrected chi connectivity index (χ0v) is 20.4. The molecule has 0 N–H and O–H groups in total. The van der Waals surface area contributed by atoms with Gasteiger partial charge in [0, 0.05) is 13.1 Å². The minimum atomic E-state index is -0.835. The first-order valence-electron chi connectivity index (χ1n) is 12.4. The number of benzene rings is 2. The fourth-order valence-corrected chi connectivity index (χ4v) is 4.40. The Labute approximate surface area is 203 Å². The van der Waals surface area contributed by atoms with Crippen LogP contribution >= 0.6 is 0 Å². The Morgan fingerprint density at radius 1 is 0.853 bits per heavy atom. The average molecular weight is 468 g/mol. The van der Waals surface area contributed by atoms with Gasteiger partial charge >= 0.3 is 11.9 Å². The van der Waals surface area contributed by atoms with Crippen molar-refractivity contribution in [2.45, 2.75) is 51.7 Å². The fraction of sp³-hybridized carbons (Fsp3) is 0.500. The molecule has 34 heavy (non-hydrogen) atoms.